The van der Waals surface area contributed by atoms with E-state index in [-0.39, 0.29) is 10.8 Å². The Hall–Kier alpha value is -2.46. The second-order valence-corrected chi connectivity index (χ2v) is 10.1. The first-order chi connectivity index (χ1) is 15.3. The van der Waals surface area contributed by atoms with E-state index < -0.39 is 10.0 Å². The molecule has 3 heterocycles. The van der Waals surface area contributed by atoms with Crippen molar-refractivity contribution in [3.05, 3.63) is 46.3 Å². The summed E-state index contributed by atoms with van der Waals surface area (Å²) in [5, 5.41) is 2.82. The number of fused-ring (bicyclic) bond motifs is 1. The van der Waals surface area contributed by atoms with Crippen LogP contribution in [0.1, 0.15) is 34.5 Å². The molecule has 1 amide bonds. The van der Waals surface area contributed by atoms with Crippen LogP contribution in [0.15, 0.2) is 23.1 Å². The summed E-state index contributed by atoms with van der Waals surface area (Å²) in [5.74, 6) is -0.237. The Labute approximate surface area is 189 Å². The van der Waals surface area contributed by atoms with Gasteiger partial charge in [0.15, 0.2) is 0 Å². The number of nitrogens with one attached hydrogen (secondary N) is 3. The molecule has 0 spiro atoms. The van der Waals surface area contributed by atoms with E-state index in [2.05, 4.69) is 33.8 Å². The zero-order chi connectivity index (χ0) is 22.9. The van der Waals surface area contributed by atoms with Gasteiger partial charge in [-0.3, -0.25) is 9.69 Å². The number of carbonyl (C=O) groups is 1. The Morgan fingerprint density at radius 3 is 2.69 bits per heavy atom. The number of morpholine rings is 1. The molecule has 0 bridgehead atoms. The molecule has 1 aromatic heterocycles. The normalized spacial score (nSPS) is 18.2. The van der Waals surface area contributed by atoms with E-state index in [9.17, 15) is 13.2 Å². The lowest BCUT2D eigenvalue weighted by Crippen LogP contribution is -2.36. The van der Waals surface area contributed by atoms with Crippen molar-refractivity contribution < 1.29 is 17.9 Å². The van der Waals surface area contributed by atoms with Gasteiger partial charge in [0.25, 0.3) is 5.91 Å². The summed E-state index contributed by atoms with van der Waals surface area (Å²) >= 11 is 0. The first-order valence-electron chi connectivity index (χ1n) is 10.9. The molecule has 1 saturated heterocycles. The summed E-state index contributed by atoms with van der Waals surface area (Å²) in [4.78, 5) is 18.6. The monoisotopic (exact) mass is 458 g/mol. The number of hydrogen-bond acceptors (Lipinski definition) is 5. The fourth-order valence-corrected chi connectivity index (χ4v) is 5.13. The number of carbonyl (C=O) groups excluding carboxylic acids is 1. The predicted octanol–water partition coefficient (Wildman–Crippen LogP) is 2.30. The molecule has 9 heteroatoms. The molecule has 2 aromatic rings. The van der Waals surface area contributed by atoms with E-state index in [0.29, 0.717) is 16.8 Å². The molecule has 0 radical (unpaired) electrons. The SMILES string of the molecule is CNS(=O)(=O)c1ccc2c(c1)C(=Cc1[nH]c(C)c(CCCN3CCOCC3)c1C)C(=O)N2. The van der Waals surface area contributed by atoms with Crippen LogP contribution in [0.3, 0.4) is 0 Å². The number of H-pyrrole nitrogens is 1. The highest BCUT2D eigenvalue weighted by Crippen LogP contribution is 2.35. The zero-order valence-electron chi connectivity index (χ0n) is 18.7. The van der Waals surface area contributed by atoms with Gasteiger partial charge in [-0.15, -0.1) is 0 Å². The molecule has 0 aliphatic carbocycles. The number of ether oxygens (including phenoxy) is 1. The molecular weight excluding hydrogens is 428 g/mol. The number of rotatable bonds is 7. The molecule has 172 valence electrons. The Kier molecular flexibility index (Phi) is 6.52. The number of aromatic nitrogens is 1. The number of nitrogens with zero attached hydrogens (tertiary/aromatic N) is 1. The van der Waals surface area contributed by atoms with Crippen molar-refractivity contribution in [2.75, 3.05) is 45.2 Å². The molecule has 0 atom stereocenters. The van der Waals surface area contributed by atoms with Gasteiger partial charge >= 0.3 is 0 Å². The average molecular weight is 459 g/mol. The average Bonchev–Trinajstić information content (AvgIpc) is 3.24. The van der Waals surface area contributed by atoms with Crippen molar-refractivity contribution in [1.29, 1.82) is 0 Å². The van der Waals surface area contributed by atoms with Gasteiger partial charge in [-0.25, -0.2) is 13.1 Å². The molecule has 4 rings (SSSR count). The molecule has 0 saturated carbocycles. The lowest BCUT2D eigenvalue weighted by atomic mass is 10.0. The summed E-state index contributed by atoms with van der Waals surface area (Å²) in [6.07, 6.45) is 3.84. The molecule has 1 aromatic carbocycles. The standard InChI is InChI=1S/C23H30N4O4S/c1-15-18(5-4-8-27-9-11-31-12-10-27)16(2)25-22(15)14-20-19-13-17(32(29,30)24-3)6-7-21(19)26-23(20)28/h6-7,13-14,24-25H,4-5,8-12H2,1-3H3,(H,26,28). The number of benzene rings is 1. The third-order valence-corrected chi connectivity index (χ3v) is 7.69. The molecule has 2 aliphatic rings. The van der Waals surface area contributed by atoms with Gasteiger partial charge in [-0.1, -0.05) is 0 Å². The van der Waals surface area contributed by atoms with Crippen LogP contribution in [-0.2, 0) is 26.0 Å². The minimum absolute atomic E-state index is 0.129. The quantitative estimate of drug-likeness (QED) is 0.553. The van der Waals surface area contributed by atoms with E-state index >= 15 is 0 Å². The fraction of sp³-hybridized carbons (Fsp3) is 0.435. The summed E-state index contributed by atoms with van der Waals surface area (Å²) < 4.78 is 32.2. The molecule has 32 heavy (non-hydrogen) atoms. The maximum Gasteiger partial charge on any atom is 0.256 e. The molecule has 0 unspecified atom stereocenters. The Morgan fingerprint density at radius 2 is 1.97 bits per heavy atom. The maximum atomic E-state index is 12.6. The minimum Gasteiger partial charge on any atom is -0.379 e. The van der Waals surface area contributed by atoms with Crippen LogP contribution in [-0.4, -0.2) is 64.1 Å². The lowest BCUT2D eigenvalue weighted by molar-refractivity contribution is -0.110. The molecule has 1 fully saturated rings. The number of anilines is 1. The van der Waals surface area contributed by atoms with Crippen LogP contribution < -0.4 is 10.0 Å². The van der Waals surface area contributed by atoms with Gasteiger partial charge in [0.1, 0.15) is 0 Å². The van der Waals surface area contributed by atoms with Gasteiger partial charge in [0.05, 0.1) is 23.7 Å². The first-order valence-corrected chi connectivity index (χ1v) is 12.4. The first kappa shape index (κ1) is 22.7. The van der Waals surface area contributed by atoms with E-state index in [4.69, 9.17) is 4.74 Å². The van der Waals surface area contributed by atoms with Crippen molar-refractivity contribution in [2.24, 2.45) is 0 Å². The highest BCUT2D eigenvalue weighted by atomic mass is 32.2. The van der Waals surface area contributed by atoms with Crippen molar-refractivity contribution in [3.8, 4) is 0 Å². The largest absolute Gasteiger partial charge is 0.379 e. The van der Waals surface area contributed by atoms with E-state index in [1.54, 1.807) is 12.1 Å². The lowest BCUT2D eigenvalue weighted by Gasteiger charge is -2.26. The number of hydrogen-bond donors (Lipinski definition) is 3. The highest BCUT2D eigenvalue weighted by Gasteiger charge is 2.27. The van der Waals surface area contributed by atoms with Crippen LogP contribution in [0.2, 0.25) is 0 Å². The van der Waals surface area contributed by atoms with Crippen LogP contribution in [0.5, 0.6) is 0 Å². The minimum atomic E-state index is -3.60. The second kappa shape index (κ2) is 9.19. The smallest absolute Gasteiger partial charge is 0.256 e. The van der Waals surface area contributed by atoms with Gasteiger partial charge in [0, 0.05) is 35.7 Å². The maximum absolute atomic E-state index is 12.6. The van der Waals surface area contributed by atoms with Crippen LogP contribution in [0.25, 0.3) is 11.6 Å². The number of amides is 1. The van der Waals surface area contributed by atoms with E-state index in [0.717, 1.165) is 62.6 Å². The Morgan fingerprint density at radius 1 is 1.22 bits per heavy atom. The molecule has 3 N–H and O–H groups in total. The molecule has 8 nitrogen and oxygen atoms in total. The summed E-state index contributed by atoms with van der Waals surface area (Å²) in [6.45, 7) is 8.75. The van der Waals surface area contributed by atoms with Gasteiger partial charge in [0.2, 0.25) is 10.0 Å². The van der Waals surface area contributed by atoms with Crippen LogP contribution in [0, 0.1) is 13.8 Å². The summed E-state index contributed by atoms with van der Waals surface area (Å²) in [5.41, 5.74) is 6.03. The topological polar surface area (TPSA) is 104 Å². The predicted molar refractivity (Wildman–Crippen MR) is 125 cm³/mol. The second-order valence-electron chi connectivity index (χ2n) is 8.25. The summed E-state index contributed by atoms with van der Waals surface area (Å²) in [7, 11) is -2.23. The number of aryl methyl sites for hydroxylation is 1. The molecular formula is C23H30N4O4S. The summed E-state index contributed by atoms with van der Waals surface area (Å²) in [6, 6.07) is 4.66. The number of aromatic amines is 1. The van der Waals surface area contributed by atoms with Gasteiger partial charge < -0.3 is 15.0 Å². The van der Waals surface area contributed by atoms with Crippen molar-refractivity contribution in [3.63, 3.8) is 0 Å². The van der Waals surface area contributed by atoms with Crippen LogP contribution >= 0.6 is 0 Å². The van der Waals surface area contributed by atoms with Gasteiger partial charge in [-0.05, 0) is 75.7 Å². The molecule has 2 aliphatic heterocycles. The fourth-order valence-electron chi connectivity index (χ4n) is 4.38. The number of sulfonamides is 1. The zero-order valence-corrected chi connectivity index (χ0v) is 19.6. The van der Waals surface area contributed by atoms with E-state index in [1.165, 1.54) is 18.7 Å². The van der Waals surface area contributed by atoms with E-state index in [1.807, 2.05) is 6.08 Å². The highest BCUT2D eigenvalue weighted by molar-refractivity contribution is 7.89. The third-order valence-electron chi connectivity index (χ3n) is 6.28. The van der Waals surface area contributed by atoms with Gasteiger partial charge in [-0.2, -0.15) is 0 Å². The van der Waals surface area contributed by atoms with Crippen molar-refractivity contribution in [1.82, 2.24) is 14.6 Å². The Bertz CT molecular complexity index is 1160. The van der Waals surface area contributed by atoms with Crippen molar-refractivity contribution >= 4 is 33.3 Å². The third kappa shape index (κ3) is 4.52. The van der Waals surface area contributed by atoms with Crippen LogP contribution in [0.4, 0.5) is 5.69 Å². The Balaban J connectivity index is 1.57. The van der Waals surface area contributed by atoms with Crippen molar-refractivity contribution in [2.45, 2.75) is 31.6 Å².